The van der Waals surface area contributed by atoms with E-state index in [0.717, 1.165) is 47.9 Å². The second kappa shape index (κ2) is 4.19. The summed E-state index contributed by atoms with van der Waals surface area (Å²) in [6.45, 7) is 2.61. The highest BCUT2D eigenvalue weighted by molar-refractivity contribution is 5.91. The number of nitrogens with two attached hydrogens (primary N) is 1. The van der Waals surface area contributed by atoms with E-state index in [1.165, 1.54) is 0 Å². The van der Waals surface area contributed by atoms with Gasteiger partial charge in [0.2, 0.25) is 0 Å². The minimum absolute atomic E-state index is 0.719. The van der Waals surface area contributed by atoms with Crippen molar-refractivity contribution in [1.29, 1.82) is 0 Å². The number of benzene rings is 1. The van der Waals surface area contributed by atoms with E-state index in [-0.39, 0.29) is 0 Å². The zero-order valence-corrected chi connectivity index (χ0v) is 10.9. The van der Waals surface area contributed by atoms with Crippen LogP contribution in [0.3, 0.4) is 0 Å². The van der Waals surface area contributed by atoms with Gasteiger partial charge in [-0.1, -0.05) is 0 Å². The van der Waals surface area contributed by atoms with Gasteiger partial charge in [-0.15, -0.1) is 0 Å². The van der Waals surface area contributed by atoms with Gasteiger partial charge < -0.3 is 15.2 Å². The van der Waals surface area contributed by atoms with Crippen molar-refractivity contribution in [1.82, 2.24) is 19.5 Å². The monoisotopic (exact) mass is 266 g/mol. The molecule has 0 saturated carbocycles. The molecular formula is C14H14N6. The molecule has 100 valence electrons. The third-order valence-corrected chi connectivity index (χ3v) is 3.68. The fourth-order valence-electron chi connectivity index (χ4n) is 2.67. The number of hydrogen-bond donors (Lipinski definition) is 1. The Morgan fingerprint density at radius 3 is 3.00 bits per heavy atom. The third kappa shape index (κ3) is 1.69. The number of hydrogen-bond acceptors (Lipinski definition) is 5. The van der Waals surface area contributed by atoms with Crippen LogP contribution >= 0.6 is 0 Å². The first kappa shape index (κ1) is 11.2. The van der Waals surface area contributed by atoms with E-state index in [9.17, 15) is 0 Å². The highest BCUT2D eigenvalue weighted by Crippen LogP contribution is 2.26. The van der Waals surface area contributed by atoms with E-state index in [2.05, 4.69) is 24.4 Å². The van der Waals surface area contributed by atoms with Gasteiger partial charge in [-0.25, -0.2) is 15.0 Å². The van der Waals surface area contributed by atoms with Crippen molar-refractivity contribution in [3.05, 3.63) is 42.7 Å². The molecule has 20 heavy (non-hydrogen) atoms. The molecule has 2 N–H and O–H groups in total. The molecule has 3 aromatic rings. The fourth-order valence-corrected chi connectivity index (χ4v) is 2.67. The Morgan fingerprint density at radius 1 is 1.10 bits per heavy atom. The Morgan fingerprint density at radius 2 is 2.05 bits per heavy atom. The number of aromatic nitrogens is 4. The number of imidazole rings is 1. The molecule has 0 spiro atoms. The van der Waals surface area contributed by atoms with Crippen molar-refractivity contribution in [2.45, 2.75) is 13.1 Å². The molecule has 1 aromatic carbocycles. The summed E-state index contributed by atoms with van der Waals surface area (Å²) in [5.74, 6) is 2.02. The summed E-state index contributed by atoms with van der Waals surface area (Å²) >= 11 is 0. The Kier molecular flexibility index (Phi) is 2.35. The van der Waals surface area contributed by atoms with Gasteiger partial charge in [0.1, 0.15) is 18.0 Å². The molecule has 6 heteroatoms. The first-order chi connectivity index (χ1) is 9.81. The lowest BCUT2D eigenvalue weighted by molar-refractivity contribution is 0.557. The average molecular weight is 266 g/mol. The second-order valence-corrected chi connectivity index (χ2v) is 4.93. The summed E-state index contributed by atoms with van der Waals surface area (Å²) < 4.78 is 2.18. The number of rotatable bonds is 1. The van der Waals surface area contributed by atoms with Gasteiger partial charge in [0, 0.05) is 36.6 Å². The number of fused-ring (bicyclic) bond motifs is 2. The molecule has 0 atom stereocenters. The van der Waals surface area contributed by atoms with Gasteiger partial charge in [-0.2, -0.15) is 0 Å². The zero-order valence-electron chi connectivity index (χ0n) is 10.9. The van der Waals surface area contributed by atoms with Crippen LogP contribution in [0.2, 0.25) is 0 Å². The highest BCUT2D eigenvalue weighted by atomic mass is 15.3. The molecule has 0 fully saturated rings. The Bertz CT molecular complexity index is 778. The molecule has 0 aliphatic carbocycles. The van der Waals surface area contributed by atoms with Gasteiger partial charge in [0.15, 0.2) is 0 Å². The van der Waals surface area contributed by atoms with Crippen molar-refractivity contribution in [2.75, 3.05) is 17.2 Å². The quantitative estimate of drug-likeness (QED) is 0.674. The largest absolute Gasteiger partial charge is 0.399 e. The number of nitrogen functional groups attached to an aromatic ring is 1. The van der Waals surface area contributed by atoms with Crippen molar-refractivity contribution in [3.8, 4) is 0 Å². The van der Waals surface area contributed by atoms with Gasteiger partial charge in [0.05, 0.1) is 12.1 Å². The van der Waals surface area contributed by atoms with E-state index in [0.29, 0.717) is 0 Å². The molecule has 4 rings (SSSR count). The second-order valence-electron chi connectivity index (χ2n) is 4.93. The van der Waals surface area contributed by atoms with E-state index < -0.39 is 0 Å². The van der Waals surface area contributed by atoms with E-state index in [1.807, 2.05) is 30.6 Å². The summed E-state index contributed by atoms with van der Waals surface area (Å²) in [7, 11) is 0. The van der Waals surface area contributed by atoms with Crippen molar-refractivity contribution < 1.29 is 0 Å². The summed E-state index contributed by atoms with van der Waals surface area (Å²) in [5, 5.41) is 1.03. The predicted molar refractivity (Wildman–Crippen MR) is 77.2 cm³/mol. The lowest BCUT2D eigenvalue weighted by Gasteiger charge is -2.29. The molecule has 2 aromatic heterocycles. The lowest BCUT2D eigenvalue weighted by Crippen LogP contribution is -2.34. The van der Waals surface area contributed by atoms with Crippen LogP contribution in [0.4, 0.5) is 11.5 Å². The van der Waals surface area contributed by atoms with Crippen molar-refractivity contribution in [3.63, 3.8) is 0 Å². The first-order valence-corrected chi connectivity index (χ1v) is 6.56. The molecule has 6 nitrogen and oxygen atoms in total. The van der Waals surface area contributed by atoms with Gasteiger partial charge in [-0.3, -0.25) is 0 Å². The number of nitrogens with zero attached hydrogens (tertiary/aromatic N) is 5. The maximum Gasteiger partial charge on any atom is 0.140 e. The molecule has 0 radical (unpaired) electrons. The zero-order chi connectivity index (χ0) is 13.5. The SMILES string of the molecule is Nc1ccc2c(N3CCn4ccnc4C3)ncnc2c1. The summed E-state index contributed by atoms with van der Waals surface area (Å²) in [5.41, 5.74) is 7.41. The topological polar surface area (TPSA) is 72.9 Å². The van der Waals surface area contributed by atoms with Crippen LogP contribution in [-0.2, 0) is 13.1 Å². The maximum absolute atomic E-state index is 5.81. The molecule has 0 saturated heterocycles. The predicted octanol–water partition coefficient (Wildman–Crippen LogP) is 1.43. The standard InChI is InChI=1S/C14H14N6/c15-10-1-2-11-12(7-10)17-9-18-14(11)20-6-5-19-4-3-16-13(19)8-20/h1-4,7,9H,5-6,8,15H2. The van der Waals surface area contributed by atoms with Gasteiger partial charge >= 0.3 is 0 Å². The van der Waals surface area contributed by atoms with Crippen LogP contribution in [0.1, 0.15) is 5.82 Å². The highest BCUT2D eigenvalue weighted by Gasteiger charge is 2.19. The molecule has 0 unspecified atom stereocenters. The third-order valence-electron chi connectivity index (χ3n) is 3.68. The van der Waals surface area contributed by atoms with Gasteiger partial charge in [-0.05, 0) is 18.2 Å². The first-order valence-electron chi connectivity index (χ1n) is 6.56. The average Bonchev–Trinajstić information content (AvgIpc) is 2.93. The van der Waals surface area contributed by atoms with Crippen LogP contribution in [0.5, 0.6) is 0 Å². The molecule has 0 amide bonds. The van der Waals surface area contributed by atoms with Gasteiger partial charge in [0.25, 0.3) is 0 Å². The van der Waals surface area contributed by atoms with Crippen LogP contribution in [0, 0.1) is 0 Å². The normalized spacial score (nSPS) is 14.5. The van der Waals surface area contributed by atoms with E-state index in [1.54, 1.807) is 6.33 Å². The van der Waals surface area contributed by atoms with E-state index in [4.69, 9.17) is 5.73 Å². The van der Waals surface area contributed by atoms with Crippen molar-refractivity contribution >= 4 is 22.4 Å². The molecule has 0 bridgehead atoms. The van der Waals surface area contributed by atoms with Crippen LogP contribution in [-0.4, -0.2) is 26.1 Å². The minimum atomic E-state index is 0.719. The Balaban J connectivity index is 1.80. The van der Waals surface area contributed by atoms with Crippen LogP contribution < -0.4 is 10.6 Å². The molecule has 3 heterocycles. The molecular weight excluding hydrogens is 252 g/mol. The Hall–Kier alpha value is -2.63. The Labute approximate surface area is 115 Å². The smallest absolute Gasteiger partial charge is 0.140 e. The lowest BCUT2D eigenvalue weighted by atomic mass is 10.2. The van der Waals surface area contributed by atoms with E-state index >= 15 is 0 Å². The molecule has 1 aliphatic heterocycles. The minimum Gasteiger partial charge on any atom is -0.399 e. The summed E-state index contributed by atoms with van der Waals surface area (Å²) in [6, 6.07) is 5.76. The fraction of sp³-hybridized carbons (Fsp3) is 0.214. The van der Waals surface area contributed by atoms with Crippen molar-refractivity contribution in [2.24, 2.45) is 0 Å². The van der Waals surface area contributed by atoms with Crippen LogP contribution in [0.15, 0.2) is 36.9 Å². The summed E-state index contributed by atoms with van der Waals surface area (Å²) in [4.78, 5) is 15.4. The molecule has 1 aliphatic rings. The maximum atomic E-state index is 5.81. The van der Waals surface area contributed by atoms with Crippen LogP contribution in [0.25, 0.3) is 10.9 Å². The summed E-state index contributed by atoms with van der Waals surface area (Å²) in [6.07, 6.45) is 5.46. The number of anilines is 2.